The molecule has 0 fully saturated rings. The number of carbonyl (C=O) groups is 1. The van der Waals surface area contributed by atoms with E-state index in [1.807, 2.05) is 45.4 Å². The number of rotatable bonds is 6. The van der Waals surface area contributed by atoms with Gasteiger partial charge in [0.15, 0.2) is 0 Å². The standard InChI is InChI=1S/C23H30Cl2N4O/c1-27(2)9-6-10-29(4)23(30)26-18-8-5-7-16(11-18)20-14-28(3)15-21-19(20)12-17(24)13-22(21)25/h5,7-8,11-13,20H,6,9-10,14-15H2,1-4H3,(H,26,30). The third kappa shape index (κ3) is 5.67. The predicted molar refractivity (Wildman–Crippen MR) is 126 cm³/mol. The van der Waals surface area contributed by atoms with Crippen molar-refractivity contribution in [2.24, 2.45) is 0 Å². The van der Waals surface area contributed by atoms with Crippen molar-refractivity contribution in [3.05, 3.63) is 63.1 Å². The first kappa shape index (κ1) is 22.9. The molecule has 2 aromatic carbocycles. The number of urea groups is 1. The largest absolute Gasteiger partial charge is 0.328 e. The molecule has 1 atom stereocenters. The van der Waals surface area contributed by atoms with Crippen LogP contribution < -0.4 is 5.32 Å². The summed E-state index contributed by atoms with van der Waals surface area (Å²) in [5, 5.41) is 4.38. The summed E-state index contributed by atoms with van der Waals surface area (Å²) in [6.07, 6.45) is 0.934. The summed E-state index contributed by atoms with van der Waals surface area (Å²) in [4.78, 5) is 18.7. The molecule has 0 saturated carbocycles. The van der Waals surface area contributed by atoms with Gasteiger partial charge in [0.25, 0.3) is 0 Å². The Morgan fingerprint density at radius 1 is 1.17 bits per heavy atom. The van der Waals surface area contributed by atoms with Crippen molar-refractivity contribution < 1.29 is 4.79 Å². The first-order valence-corrected chi connectivity index (χ1v) is 10.9. The van der Waals surface area contributed by atoms with Gasteiger partial charge in [-0.25, -0.2) is 4.79 Å². The number of nitrogens with zero attached hydrogens (tertiary/aromatic N) is 3. The molecule has 1 aliphatic rings. The van der Waals surface area contributed by atoms with E-state index >= 15 is 0 Å². The lowest BCUT2D eigenvalue weighted by Crippen LogP contribution is -2.33. The molecule has 0 radical (unpaired) electrons. The van der Waals surface area contributed by atoms with Crippen LogP contribution in [0.5, 0.6) is 0 Å². The lowest BCUT2D eigenvalue weighted by atomic mass is 9.84. The summed E-state index contributed by atoms with van der Waals surface area (Å²) in [6.45, 7) is 3.33. The summed E-state index contributed by atoms with van der Waals surface area (Å²) in [6, 6.07) is 11.8. The minimum atomic E-state index is -0.0989. The van der Waals surface area contributed by atoms with Crippen LogP contribution in [0.25, 0.3) is 0 Å². The summed E-state index contributed by atoms with van der Waals surface area (Å²) < 4.78 is 0. The van der Waals surface area contributed by atoms with E-state index in [1.165, 1.54) is 0 Å². The molecule has 2 aromatic rings. The topological polar surface area (TPSA) is 38.8 Å². The Hall–Kier alpha value is -1.79. The van der Waals surface area contributed by atoms with E-state index in [2.05, 4.69) is 28.2 Å². The summed E-state index contributed by atoms with van der Waals surface area (Å²) in [5.74, 6) is 0.143. The third-order valence-electron chi connectivity index (χ3n) is 5.48. The van der Waals surface area contributed by atoms with Gasteiger partial charge in [-0.05, 0) is 75.1 Å². The van der Waals surface area contributed by atoms with Crippen molar-refractivity contribution in [1.29, 1.82) is 0 Å². The van der Waals surface area contributed by atoms with Gasteiger partial charge in [-0.2, -0.15) is 0 Å². The number of anilines is 1. The van der Waals surface area contributed by atoms with Crippen molar-refractivity contribution in [2.45, 2.75) is 18.9 Å². The minimum absolute atomic E-state index is 0.0989. The Morgan fingerprint density at radius 2 is 1.93 bits per heavy atom. The number of benzene rings is 2. The van der Waals surface area contributed by atoms with Crippen LogP contribution in [0.15, 0.2) is 36.4 Å². The molecule has 5 nitrogen and oxygen atoms in total. The van der Waals surface area contributed by atoms with E-state index in [9.17, 15) is 4.79 Å². The quantitative estimate of drug-likeness (QED) is 0.676. The first-order valence-electron chi connectivity index (χ1n) is 10.2. The van der Waals surface area contributed by atoms with Crippen LogP contribution in [0.4, 0.5) is 10.5 Å². The van der Waals surface area contributed by atoms with Crippen LogP contribution in [-0.2, 0) is 6.54 Å². The van der Waals surface area contributed by atoms with Gasteiger partial charge in [0.2, 0.25) is 0 Å². The fourth-order valence-electron chi connectivity index (χ4n) is 3.91. The summed E-state index contributed by atoms with van der Waals surface area (Å²) in [7, 11) is 7.99. The molecule has 3 rings (SSSR count). The highest BCUT2D eigenvalue weighted by atomic mass is 35.5. The van der Waals surface area contributed by atoms with Gasteiger partial charge in [-0.15, -0.1) is 0 Å². The van der Waals surface area contributed by atoms with Crippen molar-refractivity contribution >= 4 is 34.9 Å². The zero-order valence-electron chi connectivity index (χ0n) is 18.1. The molecule has 1 N–H and O–H groups in total. The van der Waals surface area contributed by atoms with Crippen LogP contribution in [0, 0.1) is 0 Å². The highest BCUT2D eigenvalue weighted by molar-refractivity contribution is 6.35. The Kier molecular flexibility index (Phi) is 7.64. The molecule has 0 bridgehead atoms. The Labute approximate surface area is 189 Å². The molecule has 0 spiro atoms. The number of halogens is 2. The van der Waals surface area contributed by atoms with Crippen molar-refractivity contribution in [2.75, 3.05) is 53.1 Å². The second-order valence-electron chi connectivity index (χ2n) is 8.34. The molecule has 7 heteroatoms. The zero-order valence-corrected chi connectivity index (χ0v) is 19.6. The number of fused-ring (bicyclic) bond motifs is 1. The molecule has 162 valence electrons. The van der Waals surface area contributed by atoms with Crippen LogP contribution in [0.2, 0.25) is 10.0 Å². The summed E-state index contributed by atoms with van der Waals surface area (Å²) in [5.41, 5.74) is 4.21. The molecule has 30 heavy (non-hydrogen) atoms. The van der Waals surface area contributed by atoms with Crippen molar-refractivity contribution in [1.82, 2.24) is 14.7 Å². The average molecular weight is 449 g/mol. The van der Waals surface area contributed by atoms with E-state index in [1.54, 1.807) is 11.0 Å². The molecule has 0 aromatic heterocycles. The Balaban J connectivity index is 1.77. The van der Waals surface area contributed by atoms with E-state index in [-0.39, 0.29) is 11.9 Å². The maximum absolute atomic E-state index is 12.6. The van der Waals surface area contributed by atoms with Gasteiger partial charge in [0.1, 0.15) is 0 Å². The fourth-order valence-corrected chi connectivity index (χ4v) is 4.48. The second kappa shape index (κ2) is 10.0. The number of amides is 2. The summed E-state index contributed by atoms with van der Waals surface area (Å²) >= 11 is 12.8. The predicted octanol–water partition coefficient (Wildman–Crippen LogP) is 4.99. The maximum atomic E-state index is 12.6. The molecular weight excluding hydrogens is 419 g/mol. The van der Waals surface area contributed by atoms with E-state index < -0.39 is 0 Å². The Morgan fingerprint density at radius 3 is 2.67 bits per heavy atom. The van der Waals surface area contributed by atoms with Crippen molar-refractivity contribution in [3.8, 4) is 0 Å². The Bertz CT molecular complexity index is 903. The number of hydrogen-bond donors (Lipinski definition) is 1. The van der Waals surface area contributed by atoms with E-state index in [0.717, 1.165) is 48.4 Å². The SMILES string of the molecule is CN(C)CCCN(C)C(=O)Nc1cccc(C2CN(C)Cc3c(Cl)cc(Cl)cc32)c1. The van der Waals surface area contributed by atoms with Crippen LogP contribution in [0.1, 0.15) is 29.0 Å². The number of likely N-dealkylation sites (N-methyl/N-ethyl adjacent to an activating group) is 1. The molecule has 1 unspecified atom stereocenters. The van der Waals surface area contributed by atoms with Crippen molar-refractivity contribution in [3.63, 3.8) is 0 Å². The lowest BCUT2D eigenvalue weighted by Gasteiger charge is -2.33. The van der Waals surface area contributed by atoms with Gasteiger partial charge in [-0.1, -0.05) is 35.3 Å². The molecule has 1 heterocycles. The van der Waals surface area contributed by atoms with Gasteiger partial charge < -0.3 is 20.0 Å². The van der Waals surface area contributed by atoms with Gasteiger partial charge in [0, 0.05) is 48.3 Å². The molecule has 0 saturated heterocycles. The normalized spacial score (nSPS) is 16.4. The molecule has 1 aliphatic heterocycles. The van der Waals surface area contributed by atoms with E-state index in [0.29, 0.717) is 16.6 Å². The average Bonchev–Trinajstić information content (AvgIpc) is 2.68. The van der Waals surface area contributed by atoms with Gasteiger partial charge in [0.05, 0.1) is 0 Å². The molecule has 2 amide bonds. The maximum Gasteiger partial charge on any atom is 0.321 e. The fraction of sp³-hybridized carbons (Fsp3) is 0.435. The molecule has 0 aliphatic carbocycles. The monoisotopic (exact) mass is 448 g/mol. The van der Waals surface area contributed by atoms with Crippen LogP contribution in [0.3, 0.4) is 0 Å². The van der Waals surface area contributed by atoms with Crippen LogP contribution in [-0.4, -0.2) is 68.6 Å². The first-order chi connectivity index (χ1) is 14.2. The second-order valence-corrected chi connectivity index (χ2v) is 9.18. The number of hydrogen-bond acceptors (Lipinski definition) is 3. The minimum Gasteiger partial charge on any atom is -0.328 e. The van der Waals surface area contributed by atoms with Crippen LogP contribution >= 0.6 is 23.2 Å². The highest BCUT2D eigenvalue weighted by Gasteiger charge is 2.27. The number of carbonyl (C=O) groups excluding carboxylic acids is 1. The number of nitrogens with one attached hydrogen (secondary N) is 1. The van der Waals surface area contributed by atoms with Gasteiger partial charge in [-0.3, -0.25) is 0 Å². The smallest absolute Gasteiger partial charge is 0.321 e. The molecular formula is C23H30Cl2N4O. The van der Waals surface area contributed by atoms with Gasteiger partial charge >= 0.3 is 6.03 Å². The lowest BCUT2D eigenvalue weighted by molar-refractivity contribution is 0.220. The highest BCUT2D eigenvalue weighted by Crippen LogP contribution is 2.38. The van der Waals surface area contributed by atoms with E-state index in [4.69, 9.17) is 23.2 Å². The zero-order chi connectivity index (χ0) is 21.8. The third-order valence-corrected chi connectivity index (χ3v) is 6.03.